The number of methoxy groups -OCH3 is 2. The molecule has 0 N–H and O–H groups in total. The number of amides is 1. The van der Waals surface area contributed by atoms with Crippen LogP contribution in [0.1, 0.15) is 47.1 Å². The zero-order chi connectivity index (χ0) is 21.0. The van der Waals surface area contributed by atoms with Crippen molar-refractivity contribution in [3.8, 4) is 11.5 Å². The van der Waals surface area contributed by atoms with E-state index in [0.29, 0.717) is 30.5 Å². The zero-order valence-corrected chi connectivity index (χ0v) is 18.0. The normalized spacial score (nSPS) is 13.1. The molecule has 1 aliphatic heterocycles. The molecule has 2 heterocycles. The number of fused-ring (bicyclic) bond motifs is 1. The van der Waals surface area contributed by atoms with Gasteiger partial charge in [0.2, 0.25) is 5.95 Å². The summed E-state index contributed by atoms with van der Waals surface area (Å²) in [6.07, 6.45) is 2.93. The molecule has 1 aliphatic rings. The number of ether oxygens (including phenoxy) is 2. The zero-order valence-electron chi connectivity index (χ0n) is 18.0. The molecule has 0 atom stereocenters. The van der Waals surface area contributed by atoms with Gasteiger partial charge in [0.25, 0.3) is 5.91 Å². The number of aryl methyl sites for hydroxylation is 1. The molecule has 3 rings (SSSR count). The van der Waals surface area contributed by atoms with E-state index >= 15 is 0 Å². The number of carbonyl (C=O) groups is 1. The molecule has 0 unspecified atom stereocenters. The summed E-state index contributed by atoms with van der Waals surface area (Å²) in [6.45, 7) is 6.09. The molecule has 1 aromatic heterocycles. The third kappa shape index (κ3) is 4.60. The first kappa shape index (κ1) is 20.9. The van der Waals surface area contributed by atoms with E-state index in [1.54, 1.807) is 20.3 Å². The lowest BCUT2D eigenvalue weighted by atomic mass is 9.98. The van der Waals surface area contributed by atoms with E-state index < -0.39 is 0 Å². The lowest BCUT2D eigenvalue weighted by Crippen LogP contribution is -2.36. The number of carbonyl (C=O) groups excluding carboxylic acids is 1. The van der Waals surface area contributed by atoms with Crippen molar-refractivity contribution in [1.29, 1.82) is 0 Å². The number of hydrogen-bond acceptors (Lipinski definition) is 6. The van der Waals surface area contributed by atoms with E-state index in [-0.39, 0.29) is 5.91 Å². The Balaban J connectivity index is 1.82. The van der Waals surface area contributed by atoms with Gasteiger partial charge in [0.15, 0.2) is 11.5 Å². The Morgan fingerprint density at radius 2 is 1.83 bits per heavy atom. The molecule has 0 saturated carbocycles. The highest BCUT2D eigenvalue weighted by Crippen LogP contribution is 2.33. The number of hydrogen-bond donors (Lipinski definition) is 0. The van der Waals surface area contributed by atoms with Crippen LogP contribution in [0.2, 0.25) is 0 Å². The van der Waals surface area contributed by atoms with Crippen molar-refractivity contribution in [2.75, 3.05) is 39.3 Å². The first-order chi connectivity index (χ1) is 14.0. The lowest BCUT2D eigenvalue weighted by Gasteiger charge is -2.29. The van der Waals surface area contributed by atoms with Crippen molar-refractivity contribution in [2.45, 2.75) is 39.7 Å². The van der Waals surface area contributed by atoms with E-state index in [9.17, 15) is 4.79 Å². The van der Waals surface area contributed by atoms with Crippen molar-refractivity contribution in [2.24, 2.45) is 0 Å². The van der Waals surface area contributed by atoms with Gasteiger partial charge >= 0.3 is 0 Å². The molecule has 7 nitrogen and oxygen atoms in total. The van der Waals surface area contributed by atoms with Crippen LogP contribution in [0.4, 0.5) is 5.95 Å². The first-order valence-electron chi connectivity index (χ1n) is 10.1. The van der Waals surface area contributed by atoms with Crippen LogP contribution < -0.4 is 14.4 Å². The van der Waals surface area contributed by atoms with Crippen LogP contribution in [-0.4, -0.2) is 55.1 Å². The Morgan fingerprint density at radius 1 is 1.14 bits per heavy atom. The number of rotatable bonds is 7. The average Bonchev–Trinajstić information content (AvgIpc) is 2.74. The minimum atomic E-state index is -0.0684. The Morgan fingerprint density at radius 3 is 2.48 bits per heavy atom. The second-order valence-electron chi connectivity index (χ2n) is 7.42. The third-order valence-corrected chi connectivity index (χ3v) is 5.26. The van der Waals surface area contributed by atoms with E-state index in [1.165, 1.54) is 5.56 Å². The van der Waals surface area contributed by atoms with Gasteiger partial charge in [0, 0.05) is 32.4 Å². The molecule has 29 heavy (non-hydrogen) atoms. The van der Waals surface area contributed by atoms with Crippen molar-refractivity contribution in [3.63, 3.8) is 0 Å². The number of aromatic nitrogens is 2. The Kier molecular flexibility index (Phi) is 6.56. The fourth-order valence-corrected chi connectivity index (χ4v) is 3.55. The van der Waals surface area contributed by atoms with Crippen molar-refractivity contribution < 1.29 is 14.3 Å². The summed E-state index contributed by atoms with van der Waals surface area (Å²) in [5.74, 6) is 1.93. The maximum atomic E-state index is 13.2. The van der Waals surface area contributed by atoms with E-state index in [0.717, 1.165) is 42.8 Å². The monoisotopic (exact) mass is 398 g/mol. The standard InChI is InChI=1S/C22H30N4O3/c1-6-7-9-25(3)22-23-15(2)11-18(24-22)21(27)26-10-8-16-12-19(28-4)20(29-5)13-17(16)14-26/h11-13H,6-10,14H2,1-5H3. The highest BCUT2D eigenvalue weighted by Gasteiger charge is 2.25. The summed E-state index contributed by atoms with van der Waals surface area (Å²) in [5.41, 5.74) is 3.50. The van der Waals surface area contributed by atoms with Crippen LogP contribution in [-0.2, 0) is 13.0 Å². The SMILES string of the molecule is CCCCN(C)c1nc(C)cc(C(=O)N2CCc3cc(OC)c(OC)cc3C2)n1. The molecule has 0 bridgehead atoms. The number of benzene rings is 1. The van der Waals surface area contributed by atoms with E-state index in [4.69, 9.17) is 9.47 Å². The topological polar surface area (TPSA) is 67.8 Å². The largest absolute Gasteiger partial charge is 0.493 e. The van der Waals surface area contributed by atoms with Gasteiger partial charge in [-0.2, -0.15) is 0 Å². The highest BCUT2D eigenvalue weighted by molar-refractivity contribution is 5.92. The summed E-state index contributed by atoms with van der Waals surface area (Å²) in [6, 6.07) is 5.73. The predicted molar refractivity (Wildman–Crippen MR) is 113 cm³/mol. The van der Waals surface area contributed by atoms with Gasteiger partial charge in [-0.1, -0.05) is 13.3 Å². The fourth-order valence-electron chi connectivity index (χ4n) is 3.55. The Labute approximate surface area is 172 Å². The molecule has 156 valence electrons. The van der Waals surface area contributed by atoms with Gasteiger partial charge in [0.05, 0.1) is 14.2 Å². The summed E-state index contributed by atoms with van der Waals surface area (Å²) >= 11 is 0. The van der Waals surface area contributed by atoms with Crippen LogP contribution in [0, 0.1) is 6.92 Å². The smallest absolute Gasteiger partial charge is 0.272 e. The molecule has 1 amide bonds. The molecule has 2 aromatic rings. The maximum Gasteiger partial charge on any atom is 0.272 e. The second kappa shape index (κ2) is 9.11. The molecule has 0 saturated heterocycles. The summed E-state index contributed by atoms with van der Waals surface area (Å²) in [7, 11) is 5.22. The first-order valence-corrected chi connectivity index (χ1v) is 10.1. The van der Waals surface area contributed by atoms with Gasteiger partial charge in [-0.3, -0.25) is 4.79 Å². The summed E-state index contributed by atoms with van der Waals surface area (Å²) in [4.78, 5) is 26.1. The molecular weight excluding hydrogens is 368 g/mol. The lowest BCUT2D eigenvalue weighted by molar-refractivity contribution is 0.0728. The maximum absolute atomic E-state index is 13.2. The molecule has 0 radical (unpaired) electrons. The Hall–Kier alpha value is -2.83. The molecule has 7 heteroatoms. The van der Waals surface area contributed by atoms with E-state index in [1.807, 2.05) is 35.9 Å². The van der Waals surface area contributed by atoms with E-state index in [2.05, 4.69) is 16.9 Å². The third-order valence-electron chi connectivity index (χ3n) is 5.26. The number of unbranched alkanes of at least 4 members (excludes halogenated alkanes) is 1. The fraction of sp³-hybridized carbons (Fsp3) is 0.500. The van der Waals surface area contributed by atoms with Crippen LogP contribution in [0.5, 0.6) is 11.5 Å². The van der Waals surface area contributed by atoms with Gasteiger partial charge in [-0.05, 0) is 49.1 Å². The van der Waals surface area contributed by atoms with Crippen LogP contribution in [0.15, 0.2) is 18.2 Å². The number of anilines is 1. The van der Waals surface area contributed by atoms with Crippen molar-refractivity contribution >= 4 is 11.9 Å². The van der Waals surface area contributed by atoms with Gasteiger partial charge in [0.1, 0.15) is 5.69 Å². The average molecular weight is 399 g/mol. The van der Waals surface area contributed by atoms with Gasteiger partial charge < -0.3 is 19.3 Å². The Bertz CT molecular complexity index is 885. The molecule has 0 spiro atoms. The van der Waals surface area contributed by atoms with Gasteiger partial charge in [-0.15, -0.1) is 0 Å². The van der Waals surface area contributed by atoms with Crippen molar-refractivity contribution in [1.82, 2.24) is 14.9 Å². The summed E-state index contributed by atoms with van der Waals surface area (Å²) < 4.78 is 10.8. The quantitative estimate of drug-likeness (QED) is 0.713. The predicted octanol–water partition coefficient (Wildman–Crippen LogP) is 3.24. The molecule has 1 aromatic carbocycles. The van der Waals surface area contributed by atoms with Crippen LogP contribution in [0.25, 0.3) is 0 Å². The molecule has 0 fully saturated rings. The summed E-state index contributed by atoms with van der Waals surface area (Å²) in [5, 5.41) is 0. The minimum absolute atomic E-state index is 0.0684. The molecule has 0 aliphatic carbocycles. The minimum Gasteiger partial charge on any atom is -0.493 e. The highest BCUT2D eigenvalue weighted by atomic mass is 16.5. The van der Waals surface area contributed by atoms with Crippen molar-refractivity contribution in [3.05, 3.63) is 40.7 Å². The van der Waals surface area contributed by atoms with Gasteiger partial charge in [-0.25, -0.2) is 9.97 Å². The second-order valence-corrected chi connectivity index (χ2v) is 7.42. The van der Waals surface area contributed by atoms with Crippen LogP contribution in [0.3, 0.4) is 0 Å². The van der Waals surface area contributed by atoms with Crippen LogP contribution >= 0.6 is 0 Å². The molecular formula is C22H30N4O3. The number of nitrogens with zero attached hydrogens (tertiary/aromatic N) is 4.